The summed E-state index contributed by atoms with van der Waals surface area (Å²) in [5.41, 5.74) is 1.05. The molecule has 3 heterocycles. The lowest BCUT2D eigenvalue weighted by atomic mass is 10.2. The highest BCUT2D eigenvalue weighted by Crippen LogP contribution is 2.28. The highest BCUT2D eigenvalue weighted by atomic mass is 32.1. The number of nitrogens with zero attached hydrogens (tertiary/aromatic N) is 5. The molecule has 2 aromatic heterocycles. The van der Waals surface area contributed by atoms with Gasteiger partial charge in [-0.05, 0) is 38.1 Å². The Bertz CT molecular complexity index is 819. The lowest BCUT2D eigenvalue weighted by Gasteiger charge is -2.17. The molecule has 1 aliphatic rings. The van der Waals surface area contributed by atoms with Crippen molar-refractivity contribution in [3.8, 4) is 16.3 Å². The Kier molecular flexibility index (Phi) is 4.44. The minimum absolute atomic E-state index is 0.822. The van der Waals surface area contributed by atoms with Crippen LogP contribution in [0, 0.1) is 0 Å². The van der Waals surface area contributed by atoms with Crippen LogP contribution in [0.3, 0.4) is 0 Å². The number of aromatic nitrogens is 4. The van der Waals surface area contributed by atoms with Crippen LogP contribution < -0.4 is 4.74 Å². The minimum atomic E-state index is 0.822. The molecule has 7 heteroatoms. The van der Waals surface area contributed by atoms with Crippen LogP contribution in [0.4, 0.5) is 0 Å². The Morgan fingerprint density at radius 2 is 1.96 bits per heavy atom. The maximum absolute atomic E-state index is 5.30. The van der Waals surface area contributed by atoms with Crippen LogP contribution in [0.5, 0.6) is 5.75 Å². The summed E-state index contributed by atoms with van der Waals surface area (Å²) >= 11 is 1.56. The summed E-state index contributed by atoms with van der Waals surface area (Å²) in [7, 11) is 1.68. The largest absolute Gasteiger partial charge is 0.497 e. The van der Waals surface area contributed by atoms with E-state index in [1.165, 1.54) is 25.7 Å². The van der Waals surface area contributed by atoms with Crippen LogP contribution >= 0.6 is 11.3 Å². The van der Waals surface area contributed by atoms with Gasteiger partial charge >= 0.3 is 0 Å². The minimum Gasteiger partial charge on any atom is -0.497 e. The average Bonchev–Trinajstić information content (AvgIpc) is 3.09. The third-order valence-electron chi connectivity index (χ3n) is 4.44. The highest BCUT2D eigenvalue weighted by molar-refractivity contribution is 7.19. The Hall–Kier alpha value is -1.99. The van der Waals surface area contributed by atoms with Gasteiger partial charge in [0.25, 0.3) is 0 Å². The van der Waals surface area contributed by atoms with E-state index in [9.17, 15) is 0 Å². The number of rotatable bonds is 4. The van der Waals surface area contributed by atoms with Crippen molar-refractivity contribution in [1.82, 2.24) is 24.7 Å². The fourth-order valence-electron chi connectivity index (χ4n) is 3.12. The average molecular weight is 343 g/mol. The van der Waals surface area contributed by atoms with Crippen LogP contribution in [0.2, 0.25) is 0 Å². The molecule has 0 spiro atoms. The highest BCUT2D eigenvalue weighted by Gasteiger charge is 2.17. The molecule has 6 nitrogen and oxygen atoms in total. The summed E-state index contributed by atoms with van der Waals surface area (Å²) in [6, 6.07) is 7.96. The second-order valence-corrected chi connectivity index (χ2v) is 7.10. The van der Waals surface area contributed by atoms with E-state index in [2.05, 4.69) is 15.1 Å². The van der Waals surface area contributed by atoms with E-state index in [0.29, 0.717) is 0 Å². The summed E-state index contributed by atoms with van der Waals surface area (Å²) in [6.45, 7) is 3.10. The van der Waals surface area contributed by atoms with Crippen LogP contribution in [-0.2, 0) is 6.54 Å². The van der Waals surface area contributed by atoms with Gasteiger partial charge in [0.1, 0.15) is 10.8 Å². The maximum Gasteiger partial charge on any atom is 0.235 e. The van der Waals surface area contributed by atoms with Crippen molar-refractivity contribution >= 4 is 16.3 Å². The topological polar surface area (TPSA) is 55.6 Å². The molecular formula is C17H21N5OS. The predicted octanol–water partition coefficient (Wildman–Crippen LogP) is 3.24. The van der Waals surface area contributed by atoms with Crippen molar-refractivity contribution < 1.29 is 4.74 Å². The van der Waals surface area contributed by atoms with E-state index in [-0.39, 0.29) is 0 Å². The molecule has 1 saturated heterocycles. The second kappa shape index (κ2) is 6.86. The maximum atomic E-state index is 5.30. The molecule has 0 bridgehead atoms. The summed E-state index contributed by atoms with van der Waals surface area (Å²) in [4.78, 5) is 3.31. The van der Waals surface area contributed by atoms with Gasteiger partial charge in [-0.25, -0.2) is 0 Å². The Morgan fingerprint density at radius 1 is 1.12 bits per heavy atom. The standard InChI is InChI=1S/C17H21N5OS/c1-23-14-8-6-7-13(11-14)16-20-22-15(18-19-17(22)24-16)12-21-9-4-2-3-5-10-21/h6-8,11H,2-5,9-10,12H2,1H3. The first kappa shape index (κ1) is 15.5. The monoisotopic (exact) mass is 343 g/mol. The second-order valence-electron chi connectivity index (χ2n) is 6.14. The van der Waals surface area contributed by atoms with E-state index in [1.807, 2.05) is 28.8 Å². The SMILES string of the molecule is COc1cccc(-c2nn3c(CN4CCCCCC4)nnc3s2)c1. The van der Waals surface area contributed by atoms with Gasteiger partial charge in [0, 0.05) is 5.56 Å². The number of hydrogen-bond donors (Lipinski definition) is 0. The molecular weight excluding hydrogens is 322 g/mol. The first-order chi connectivity index (χ1) is 11.8. The molecule has 0 aliphatic carbocycles. The number of benzene rings is 1. The third kappa shape index (κ3) is 3.14. The van der Waals surface area contributed by atoms with Crippen molar-refractivity contribution in [3.05, 3.63) is 30.1 Å². The van der Waals surface area contributed by atoms with E-state index in [0.717, 1.165) is 46.7 Å². The van der Waals surface area contributed by atoms with Gasteiger partial charge in [0.05, 0.1) is 13.7 Å². The molecule has 0 N–H and O–H groups in total. The molecule has 4 rings (SSSR count). The number of methoxy groups -OCH3 is 1. The van der Waals surface area contributed by atoms with E-state index in [1.54, 1.807) is 18.4 Å². The molecule has 1 aromatic carbocycles. The van der Waals surface area contributed by atoms with Crippen LogP contribution in [0.15, 0.2) is 24.3 Å². The van der Waals surface area contributed by atoms with Crippen LogP contribution in [0.1, 0.15) is 31.5 Å². The molecule has 126 valence electrons. The molecule has 3 aromatic rings. The first-order valence-corrected chi connectivity index (χ1v) is 9.23. The summed E-state index contributed by atoms with van der Waals surface area (Å²) in [5, 5.41) is 14.3. The Morgan fingerprint density at radius 3 is 2.75 bits per heavy atom. The quantitative estimate of drug-likeness (QED) is 0.728. The Balaban J connectivity index is 1.60. The van der Waals surface area contributed by atoms with Gasteiger partial charge in [-0.15, -0.1) is 10.2 Å². The van der Waals surface area contributed by atoms with E-state index in [4.69, 9.17) is 9.84 Å². The molecule has 1 fully saturated rings. The van der Waals surface area contributed by atoms with E-state index >= 15 is 0 Å². The van der Waals surface area contributed by atoms with Crippen LogP contribution in [0.25, 0.3) is 15.5 Å². The van der Waals surface area contributed by atoms with E-state index < -0.39 is 0 Å². The van der Waals surface area contributed by atoms with Gasteiger partial charge in [-0.3, -0.25) is 4.90 Å². The van der Waals surface area contributed by atoms with Crippen LogP contribution in [-0.4, -0.2) is 44.9 Å². The van der Waals surface area contributed by atoms with Crippen molar-refractivity contribution in [1.29, 1.82) is 0 Å². The molecule has 0 atom stereocenters. The van der Waals surface area contributed by atoms with Crippen molar-refractivity contribution in [2.45, 2.75) is 32.2 Å². The smallest absolute Gasteiger partial charge is 0.235 e. The van der Waals surface area contributed by atoms with Crippen molar-refractivity contribution in [2.75, 3.05) is 20.2 Å². The van der Waals surface area contributed by atoms with Gasteiger partial charge in [0.2, 0.25) is 4.96 Å². The zero-order valence-corrected chi connectivity index (χ0v) is 14.6. The van der Waals surface area contributed by atoms with Crippen molar-refractivity contribution in [3.63, 3.8) is 0 Å². The first-order valence-electron chi connectivity index (χ1n) is 8.41. The zero-order chi connectivity index (χ0) is 16.4. The predicted molar refractivity (Wildman–Crippen MR) is 94.4 cm³/mol. The fraction of sp³-hybridized carbons (Fsp3) is 0.471. The summed E-state index contributed by atoms with van der Waals surface area (Å²) in [5.74, 6) is 1.76. The molecule has 24 heavy (non-hydrogen) atoms. The van der Waals surface area contributed by atoms with Gasteiger partial charge < -0.3 is 4.74 Å². The molecule has 1 aliphatic heterocycles. The Labute approximate surface area is 145 Å². The lowest BCUT2D eigenvalue weighted by Crippen LogP contribution is -2.25. The summed E-state index contributed by atoms with van der Waals surface area (Å²) < 4.78 is 7.20. The number of hydrogen-bond acceptors (Lipinski definition) is 6. The zero-order valence-electron chi connectivity index (χ0n) is 13.8. The van der Waals surface area contributed by atoms with Crippen molar-refractivity contribution in [2.24, 2.45) is 0 Å². The molecule has 0 unspecified atom stereocenters. The van der Waals surface area contributed by atoms with Gasteiger partial charge in [-0.2, -0.15) is 9.61 Å². The molecule has 0 radical (unpaired) electrons. The normalized spacial score (nSPS) is 16.4. The lowest BCUT2D eigenvalue weighted by molar-refractivity contribution is 0.268. The molecule has 0 amide bonds. The number of ether oxygens (including phenoxy) is 1. The third-order valence-corrected chi connectivity index (χ3v) is 5.38. The van der Waals surface area contributed by atoms with Gasteiger partial charge in [-0.1, -0.05) is 36.3 Å². The fourth-order valence-corrected chi connectivity index (χ4v) is 3.98. The number of likely N-dealkylation sites (tertiary alicyclic amines) is 1. The molecule has 0 saturated carbocycles. The summed E-state index contributed by atoms with van der Waals surface area (Å²) in [6.07, 6.45) is 5.22. The number of fused-ring (bicyclic) bond motifs is 1. The van der Waals surface area contributed by atoms with Gasteiger partial charge in [0.15, 0.2) is 5.82 Å².